The fourth-order valence-electron chi connectivity index (χ4n) is 4.34. The predicted molar refractivity (Wildman–Crippen MR) is 89.7 cm³/mol. The van der Waals surface area contributed by atoms with E-state index in [9.17, 15) is 4.39 Å². The minimum Gasteiger partial charge on any atom is -0.419 e. The second-order valence-electron chi connectivity index (χ2n) is 7.35. The number of aromatic nitrogens is 2. The molecule has 0 unspecified atom stereocenters. The molecule has 1 aliphatic carbocycles. The quantitative estimate of drug-likeness (QED) is 0.836. The van der Waals surface area contributed by atoms with E-state index >= 15 is 0 Å². The van der Waals surface area contributed by atoms with E-state index in [-0.39, 0.29) is 5.82 Å². The Labute approximate surface area is 142 Å². The predicted octanol–water partition coefficient (Wildman–Crippen LogP) is 4.42. The van der Waals surface area contributed by atoms with Gasteiger partial charge in [0.1, 0.15) is 5.82 Å². The Hall–Kier alpha value is -1.75. The van der Waals surface area contributed by atoms with Crippen molar-refractivity contribution in [3.05, 3.63) is 36.0 Å². The molecule has 128 valence electrons. The van der Waals surface area contributed by atoms with E-state index in [1.807, 2.05) is 0 Å². The maximum Gasteiger partial charge on any atom is 0.247 e. The van der Waals surface area contributed by atoms with Gasteiger partial charge in [0, 0.05) is 5.56 Å². The highest BCUT2D eigenvalue weighted by molar-refractivity contribution is 5.52. The van der Waals surface area contributed by atoms with Crippen molar-refractivity contribution in [2.75, 3.05) is 13.1 Å². The van der Waals surface area contributed by atoms with Crippen LogP contribution in [-0.4, -0.2) is 28.2 Å². The van der Waals surface area contributed by atoms with Gasteiger partial charge in [0.25, 0.3) is 0 Å². The van der Waals surface area contributed by atoms with Crippen LogP contribution in [0.3, 0.4) is 0 Å². The lowest BCUT2D eigenvalue weighted by molar-refractivity contribution is 0.218. The van der Waals surface area contributed by atoms with Gasteiger partial charge in [-0.3, -0.25) is 4.90 Å². The molecule has 1 saturated carbocycles. The summed E-state index contributed by atoms with van der Waals surface area (Å²) in [4.78, 5) is 2.43. The zero-order valence-electron chi connectivity index (χ0n) is 14.0. The summed E-state index contributed by atoms with van der Waals surface area (Å²) in [5, 5.41) is 8.23. The highest BCUT2D eigenvalue weighted by Gasteiger charge is 2.35. The average Bonchev–Trinajstić information content (AvgIpc) is 3.18. The Morgan fingerprint density at radius 3 is 2.71 bits per heavy atom. The maximum atomic E-state index is 13.3. The van der Waals surface area contributed by atoms with Crippen molar-refractivity contribution in [2.45, 2.75) is 51.5 Å². The van der Waals surface area contributed by atoms with Gasteiger partial charge in [-0.1, -0.05) is 18.9 Å². The fourth-order valence-corrected chi connectivity index (χ4v) is 4.34. The Morgan fingerprint density at radius 2 is 1.88 bits per heavy atom. The summed E-state index contributed by atoms with van der Waals surface area (Å²) >= 11 is 0. The highest BCUT2D eigenvalue weighted by Crippen LogP contribution is 2.46. The van der Waals surface area contributed by atoms with E-state index in [2.05, 4.69) is 15.1 Å². The van der Waals surface area contributed by atoms with Gasteiger partial charge >= 0.3 is 0 Å². The molecule has 5 heteroatoms. The smallest absolute Gasteiger partial charge is 0.247 e. The number of hydrogen-bond donors (Lipinski definition) is 0. The fraction of sp³-hybridized carbons (Fsp3) is 0.579. The molecule has 1 spiro atoms. The van der Waals surface area contributed by atoms with Crippen LogP contribution in [0, 0.1) is 11.2 Å². The summed E-state index contributed by atoms with van der Waals surface area (Å²) < 4.78 is 19.1. The van der Waals surface area contributed by atoms with E-state index < -0.39 is 0 Å². The lowest BCUT2D eigenvalue weighted by Crippen LogP contribution is -2.25. The van der Waals surface area contributed by atoms with Crippen LogP contribution in [0.2, 0.25) is 0 Å². The number of halogens is 1. The Morgan fingerprint density at radius 1 is 1.04 bits per heavy atom. The molecule has 1 saturated heterocycles. The van der Waals surface area contributed by atoms with Crippen molar-refractivity contribution < 1.29 is 8.81 Å². The first kappa shape index (κ1) is 15.8. The van der Waals surface area contributed by atoms with Crippen molar-refractivity contribution >= 4 is 0 Å². The molecule has 2 heterocycles. The second kappa shape index (κ2) is 6.63. The molecule has 4 nitrogen and oxygen atoms in total. The zero-order chi connectivity index (χ0) is 16.4. The van der Waals surface area contributed by atoms with Crippen molar-refractivity contribution in [1.82, 2.24) is 15.1 Å². The van der Waals surface area contributed by atoms with Crippen molar-refractivity contribution in [3.63, 3.8) is 0 Å². The Bertz CT molecular complexity index is 693. The molecule has 0 bridgehead atoms. The molecule has 0 atom stereocenters. The van der Waals surface area contributed by atoms with Gasteiger partial charge < -0.3 is 4.42 Å². The number of hydrogen-bond acceptors (Lipinski definition) is 4. The minimum absolute atomic E-state index is 0.290. The van der Waals surface area contributed by atoms with E-state index in [1.165, 1.54) is 57.1 Å². The normalized spacial score (nSPS) is 21.2. The first-order valence-corrected chi connectivity index (χ1v) is 9.03. The molecule has 0 radical (unpaired) electrons. The van der Waals surface area contributed by atoms with Crippen molar-refractivity contribution in [3.8, 4) is 11.5 Å². The summed E-state index contributed by atoms with van der Waals surface area (Å²) in [5.41, 5.74) is 1.24. The summed E-state index contributed by atoms with van der Waals surface area (Å²) in [6.07, 6.45) is 9.53. The van der Waals surface area contributed by atoms with Gasteiger partial charge in [0.15, 0.2) is 0 Å². The first-order valence-electron chi connectivity index (χ1n) is 9.03. The molecule has 4 rings (SSSR count). The van der Waals surface area contributed by atoms with E-state index in [0.717, 1.165) is 13.1 Å². The third kappa shape index (κ3) is 3.36. The minimum atomic E-state index is -0.290. The number of rotatable bonds is 3. The Kier molecular flexibility index (Phi) is 4.35. The third-order valence-corrected chi connectivity index (χ3v) is 5.70. The van der Waals surface area contributed by atoms with Crippen LogP contribution in [-0.2, 0) is 6.54 Å². The van der Waals surface area contributed by atoms with Crippen molar-refractivity contribution in [2.24, 2.45) is 5.41 Å². The van der Waals surface area contributed by atoms with Gasteiger partial charge in [-0.05, 0) is 68.8 Å². The van der Waals surface area contributed by atoms with Gasteiger partial charge in [0.05, 0.1) is 6.54 Å². The number of likely N-dealkylation sites (tertiary alicyclic amines) is 1. The number of benzene rings is 1. The summed E-state index contributed by atoms with van der Waals surface area (Å²) in [5.74, 6) is 0.727. The number of nitrogens with zero attached hydrogens (tertiary/aromatic N) is 3. The molecule has 1 aromatic carbocycles. The molecule has 0 N–H and O–H groups in total. The third-order valence-electron chi connectivity index (χ3n) is 5.70. The average molecular weight is 329 g/mol. The summed E-state index contributed by atoms with van der Waals surface area (Å²) in [6.45, 7) is 2.90. The van der Waals surface area contributed by atoms with E-state index in [1.54, 1.807) is 12.1 Å². The van der Waals surface area contributed by atoms with E-state index in [0.29, 0.717) is 29.3 Å². The lowest BCUT2D eigenvalue weighted by Gasteiger charge is -2.27. The van der Waals surface area contributed by atoms with Crippen LogP contribution >= 0.6 is 0 Å². The van der Waals surface area contributed by atoms with Gasteiger partial charge in [0.2, 0.25) is 11.8 Å². The molecule has 1 aromatic heterocycles. The molecule has 1 aliphatic heterocycles. The molecule has 24 heavy (non-hydrogen) atoms. The maximum absolute atomic E-state index is 13.3. The largest absolute Gasteiger partial charge is 0.419 e. The first-order chi connectivity index (χ1) is 11.7. The van der Waals surface area contributed by atoms with Crippen LogP contribution in [0.25, 0.3) is 11.5 Å². The summed E-state index contributed by atoms with van der Waals surface area (Å²) in [7, 11) is 0. The lowest BCUT2D eigenvalue weighted by atomic mass is 9.79. The van der Waals surface area contributed by atoms with Gasteiger partial charge in [-0.2, -0.15) is 0 Å². The van der Waals surface area contributed by atoms with Crippen LogP contribution in [0.1, 0.15) is 50.8 Å². The standard InChI is InChI=1S/C19H24FN3O/c20-16-6-3-5-15(13-16)18-22-21-17(24-18)14-23-11-4-9-19(10-12-23)7-1-2-8-19/h3,5-6,13H,1-2,4,7-12,14H2. The Balaban J connectivity index is 1.41. The van der Waals surface area contributed by atoms with Gasteiger partial charge in [-0.25, -0.2) is 4.39 Å². The van der Waals surface area contributed by atoms with Crippen molar-refractivity contribution in [1.29, 1.82) is 0 Å². The highest BCUT2D eigenvalue weighted by atomic mass is 19.1. The second-order valence-corrected chi connectivity index (χ2v) is 7.35. The van der Waals surface area contributed by atoms with Gasteiger partial charge in [-0.15, -0.1) is 10.2 Å². The van der Waals surface area contributed by atoms with Crippen LogP contribution in [0.15, 0.2) is 28.7 Å². The molecular weight excluding hydrogens is 305 g/mol. The SMILES string of the molecule is Fc1cccc(-c2nnc(CN3CCCC4(CCCC4)CC3)o2)c1. The molecular formula is C19H24FN3O. The zero-order valence-corrected chi connectivity index (χ0v) is 14.0. The van der Waals surface area contributed by atoms with E-state index in [4.69, 9.17) is 4.42 Å². The molecule has 2 aliphatic rings. The summed E-state index contributed by atoms with van der Waals surface area (Å²) in [6, 6.07) is 6.28. The topological polar surface area (TPSA) is 42.2 Å². The molecule has 0 amide bonds. The van der Waals surface area contributed by atoms with Crippen LogP contribution in [0.5, 0.6) is 0 Å². The van der Waals surface area contributed by atoms with Crippen LogP contribution in [0.4, 0.5) is 4.39 Å². The molecule has 2 aromatic rings. The molecule has 2 fully saturated rings. The van der Waals surface area contributed by atoms with Crippen LogP contribution < -0.4 is 0 Å². The monoisotopic (exact) mass is 329 g/mol.